The number of carboxylic acid groups (broad SMARTS) is 1. The molecule has 0 atom stereocenters. The van der Waals surface area contributed by atoms with Crippen LogP contribution in [0.25, 0.3) is 11.0 Å². The van der Waals surface area contributed by atoms with Crippen LogP contribution < -0.4 is 5.32 Å². The Labute approximate surface area is 93.6 Å². The summed E-state index contributed by atoms with van der Waals surface area (Å²) in [4.78, 5) is 17.5. The van der Waals surface area contributed by atoms with Gasteiger partial charge in [-0.1, -0.05) is 15.9 Å². The normalized spacial score (nSPS) is 10.5. The molecule has 0 unspecified atom stereocenters. The molecular formula is C9H8BrN3O2. The van der Waals surface area contributed by atoms with Crippen molar-refractivity contribution in [3.8, 4) is 0 Å². The first-order valence-corrected chi connectivity index (χ1v) is 5.05. The molecule has 2 rings (SSSR count). The van der Waals surface area contributed by atoms with Crippen molar-refractivity contribution < 1.29 is 9.90 Å². The minimum absolute atomic E-state index is 0.182. The third-order valence-corrected chi connectivity index (χ3v) is 2.39. The van der Waals surface area contributed by atoms with E-state index in [1.807, 2.05) is 18.2 Å². The molecule has 1 aromatic carbocycles. The van der Waals surface area contributed by atoms with Crippen molar-refractivity contribution in [2.45, 2.75) is 6.54 Å². The van der Waals surface area contributed by atoms with Crippen LogP contribution in [0.2, 0.25) is 0 Å². The molecule has 1 aromatic heterocycles. The number of carbonyl (C=O) groups is 1. The SMILES string of the molecule is O=C(O)NCc1nc2ccc(Br)cc2[nH]1. The van der Waals surface area contributed by atoms with Crippen LogP contribution in [0.15, 0.2) is 22.7 Å². The van der Waals surface area contributed by atoms with Gasteiger partial charge in [-0.15, -0.1) is 0 Å². The Kier molecular flexibility index (Phi) is 2.59. The van der Waals surface area contributed by atoms with Crippen LogP contribution in [0.5, 0.6) is 0 Å². The molecule has 0 saturated carbocycles. The zero-order valence-electron chi connectivity index (χ0n) is 7.62. The molecule has 6 heteroatoms. The van der Waals surface area contributed by atoms with Crippen LogP contribution in [0.1, 0.15) is 5.82 Å². The summed E-state index contributed by atoms with van der Waals surface area (Å²) >= 11 is 3.35. The second-order valence-electron chi connectivity index (χ2n) is 3.00. The summed E-state index contributed by atoms with van der Waals surface area (Å²) in [6.45, 7) is 0.182. The van der Waals surface area contributed by atoms with E-state index in [1.54, 1.807) is 0 Å². The van der Waals surface area contributed by atoms with Gasteiger partial charge in [-0.25, -0.2) is 9.78 Å². The van der Waals surface area contributed by atoms with E-state index in [1.165, 1.54) is 0 Å². The molecule has 0 aliphatic heterocycles. The average molecular weight is 270 g/mol. The van der Waals surface area contributed by atoms with Crippen LogP contribution in [-0.2, 0) is 6.54 Å². The fourth-order valence-electron chi connectivity index (χ4n) is 1.28. The standard InChI is InChI=1S/C9H8BrN3O2/c10-5-1-2-6-7(3-5)13-8(12-6)4-11-9(14)15/h1-3,11H,4H2,(H,12,13)(H,14,15). The predicted molar refractivity (Wildman–Crippen MR) is 58.7 cm³/mol. The molecule has 1 amide bonds. The number of imidazole rings is 1. The number of rotatable bonds is 2. The summed E-state index contributed by atoms with van der Waals surface area (Å²) in [5.41, 5.74) is 1.70. The van der Waals surface area contributed by atoms with Crippen molar-refractivity contribution in [3.05, 3.63) is 28.5 Å². The molecule has 0 saturated heterocycles. The Morgan fingerprint density at radius 2 is 2.40 bits per heavy atom. The van der Waals surface area contributed by atoms with Crippen molar-refractivity contribution in [2.75, 3.05) is 0 Å². The second-order valence-corrected chi connectivity index (χ2v) is 3.92. The van der Waals surface area contributed by atoms with Crippen molar-refractivity contribution in [1.29, 1.82) is 0 Å². The first kappa shape index (κ1) is 9.97. The van der Waals surface area contributed by atoms with Gasteiger partial charge < -0.3 is 15.4 Å². The maximum atomic E-state index is 10.3. The third-order valence-electron chi connectivity index (χ3n) is 1.90. The zero-order valence-corrected chi connectivity index (χ0v) is 9.21. The Morgan fingerprint density at radius 1 is 1.60 bits per heavy atom. The van der Waals surface area contributed by atoms with E-state index in [9.17, 15) is 4.79 Å². The molecule has 5 nitrogen and oxygen atoms in total. The molecule has 0 aliphatic carbocycles. The number of hydrogen-bond donors (Lipinski definition) is 3. The smallest absolute Gasteiger partial charge is 0.405 e. The number of H-pyrrole nitrogens is 1. The Balaban J connectivity index is 2.27. The zero-order chi connectivity index (χ0) is 10.8. The molecule has 15 heavy (non-hydrogen) atoms. The predicted octanol–water partition coefficient (Wildman–Crippen LogP) is 2.09. The minimum Gasteiger partial charge on any atom is -0.465 e. The highest BCUT2D eigenvalue weighted by atomic mass is 79.9. The Hall–Kier alpha value is -1.56. The van der Waals surface area contributed by atoms with Crippen LogP contribution in [0.4, 0.5) is 4.79 Å². The molecule has 0 fully saturated rings. The van der Waals surface area contributed by atoms with E-state index < -0.39 is 6.09 Å². The molecule has 0 aliphatic rings. The molecular weight excluding hydrogens is 262 g/mol. The first-order valence-electron chi connectivity index (χ1n) is 4.26. The summed E-state index contributed by atoms with van der Waals surface area (Å²) < 4.78 is 0.955. The molecule has 2 aromatic rings. The summed E-state index contributed by atoms with van der Waals surface area (Å²) in [6, 6.07) is 5.64. The number of fused-ring (bicyclic) bond motifs is 1. The van der Waals surface area contributed by atoms with Gasteiger partial charge >= 0.3 is 6.09 Å². The first-order chi connectivity index (χ1) is 7.15. The lowest BCUT2D eigenvalue weighted by Crippen LogP contribution is -2.20. The number of aromatic nitrogens is 2. The summed E-state index contributed by atoms with van der Waals surface area (Å²) in [5.74, 6) is 0.602. The highest BCUT2D eigenvalue weighted by Gasteiger charge is 2.03. The van der Waals surface area contributed by atoms with E-state index in [4.69, 9.17) is 5.11 Å². The summed E-state index contributed by atoms with van der Waals surface area (Å²) in [5, 5.41) is 10.7. The number of benzene rings is 1. The van der Waals surface area contributed by atoms with Gasteiger partial charge in [-0.3, -0.25) is 0 Å². The van der Waals surface area contributed by atoms with E-state index in [2.05, 4.69) is 31.2 Å². The topological polar surface area (TPSA) is 78.0 Å². The molecule has 0 radical (unpaired) electrons. The van der Waals surface area contributed by atoms with Crippen LogP contribution >= 0.6 is 15.9 Å². The third kappa shape index (κ3) is 2.27. The van der Waals surface area contributed by atoms with Gasteiger partial charge in [0.25, 0.3) is 0 Å². The van der Waals surface area contributed by atoms with Gasteiger partial charge in [-0.05, 0) is 18.2 Å². The molecule has 3 N–H and O–H groups in total. The number of aromatic amines is 1. The lowest BCUT2D eigenvalue weighted by atomic mass is 10.3. The van der Waals surface area contributed by atoms with Gasteiger partial charge in [0.15, 0.2) is 0 Å². The second kappa shape index (κ2) is 3.90. The Morgan fingerprint density at radius 3 is 3.13 bits per heavy atom. The highest BCUT2D eigenvalue weighted by molar-refractivity contribution is 9.10. The number of amides is 1. The molecule has 0 spiro atoms. The van der Waals surface area contributed by atoms with Gasteiger partial charge in [0.1, 0.15) is 5.82 Å². The average Bonchev–Trinajstić information content (AvgIpc) is 2.56. The quantitative estimate of drug-likeness (QED) is 0.781. The van der Waals surface area contributed by atoms with E-state index in [0.717, 1.165) is 15.5 Å². The molecule has 1 heterocycles. The van der Waals surface area contributed by atoms with E-state index in [-0.39, 0.29) is 6.54 Å². The maximum Gasteiger partial charge on any atom is 0.405 e. The van der Waals surface area contributed by atoms with Crippen LogP contribution in [0, 0.1) is 0 Å². The fourth-order valence-corrected chi connectivity index (χ4v) is 1.64. The maximum absolute atomic E-state index is 10.3. The largest absolute Gasteiger partial charge is 0.465 e. The van der Waals surface area contributed by atoms with Crippen molar-refractivity contribution in [3.63, 3.8) is 0 Å². The molecule has 0 bridgehead atoms. The highest BCUT2D eigenvalue weighted by Crippen LogP contribution is 2.17. The van der Waals surface area contributed by atoms with Gasteiger partial charge in [-0.2, -0.15) is 0 Å². The lowest BCUT2D eigenvalue weighted by molar-refractivity contribution is 0.193. The van der Waals surface area contributed by atoms with Crippen molar-refractivity contribution in [2.24, 2.45) is 0 Å². The number of hydrogen-bond acceptors (Lipinski definition) is 2. The number of halogens is 1. The summed E-state index contributed by atoms with van der Waals surface area (Å²) in [7, 11) is 0. The van der Waals surface area contributed by atoms with E-state index in [0.29, 0.717) is 5.82 Å². The van der Waals surface area contributed by atoms with Gasteiger partial charge in [0, 0.05) is 4.47 Å². The van der Waals surface area contributed by atoms with Gasteiger partial charge in [0.2, 0.25) is 0 Å². The lowest BCUT2D eigenvalue weighted by Gasteiger charge is -1.94. The van der Waals surface area contributed by atoms with Gasteiger partial charge in [0.05, 0.1) is 17.6 Å². The van der Waals surface area contributed by atoms with Crippen molar-refractivity contribution >= 4 is 33.1 Å². The van der Waals surface area contributed by atoms with Crippen molar-refractivity contribution in [1.82, 2.24) is 15.3 Å². The monoisotopic (exact) mass is 269 g/mol. The fraction of sp³-hybridized carbons (Fsp3) is 0.111. The number of nitrogens with zero attached hydrogens (tertiary/aromatic N) is 1. The van der Waals surface area contributed by atoms with E-state index >= 15 is 0 Å². The minimum atomic E-state index is -1.06. The molecule has 78 valence electrons. The van der Waals surface area contributed by atoms with Crippen LogP contribution in [-0.4, -0.2) is 21.2 Å². The van der Waals surface area contributed by atoms with Crippen LogP contribution in [0.3, 0.4) is 0 Å². The number of nitrogens with one attached hydrogen (secondary N) is 2. The summed E-state index contributed by atoms with van der Waals surface area (Å²) in [6.07, 6.45) is -1.06. The Bertz CT molecular complexity index is 509.